The van der Waals surface area contributed by atoms with Crippen LogP contribution >= 0.6 is 0 Å². The first-order valence-electron chi connectivity index (χ1n) is 10.7. The van der Waals surface area contributed by atoms with Crippen molar-refractivity contribution >= 4 is 0 Å². The van der Waals surface area contributed by atoms with Crippen LogP contribution in [0.5, 0.6) is 0 Å². The van der Waals surface area contributed by atoms with Crippen molar-refractivity contribution < 1.29 is 112 Å². The molecule has 260 valence electrons. The van der Waals surface area contributed by atoms with Gasteiger partial charge in [0.05, 0.1) is 20.3 Å². The van der Waals surface area contributed by atoms with Crippen LogP contribution in [-0.4, -0.2) is 125 Å². The molecule has 1 unspecified atom stereocenters. The fourth-order valence-corrected chi connectivity index (χ4v) is 3.37. The first-order valence-corrected chi connectivity index (χ1v) is 10.7. The number of quaternary nitrogens is 1. The van der Waals surface area contributed by atoms with E-state index >= 15 is 0 Å². The molecule has 0 rings (SSSR count). The number of hydrogen-bond acceptors (Lipinski definition) is 3. The molecule has 4 nitrogen and oxygen atoms in total. The molecule has 25 heteroatoms. The number of aliphatic hydroxyl groups excluding tert-OH is 3. The van der Waals surface area contributed by atoms with Gasteiger partial charge in [-0.2, -0.15) is 92.2 Å². The van der Waals surface area contributed by atoms with Crippen LogP contribution < -0.4 is 0 Å². The number of hydrogen-bond donors (Lipinski definition) is 3. The van der Waals surface area contributed by atoms with Crippen LogP contribution in [0.2, 0.25) is 0 Å². The molecule has 0 bridgehead atoms. The van der Waals surface area contributed by atoms with Gasteiger partial charge in [-0.25, -0.2) is 0 Å². The van der Waals surface area contributed by atoms with Crippen LogP contribution in [0.3, 0.4) is 0 Å². The molecule has 3 N–H and O–H groups in total. The van der Waals surface area contributed by atoms with Crippen LogP contribution in [0.25, 0.3) is 0 Å². The topological polar surface area (TPSA) is 60.7 Å². The number of alkyl halides is 21. The van der Waals surface area contributed by atoms with Gasteiger partial charge in [0, 0.05) is 6.42 Å². The summed E-state index contributed by atoms with van der Waals surface area (Å²) in [5, 5.41) is 27.3. The third kappa shape index (κ3) is 6.27. The van der Waals surface area contributed by atoms with Gasteiger partial charge in [0.25, 0.3) is 0 Å². The maximum atomic E-state index is 14.1. The van der Waals surface area contributed by atoms with E-state index in [9.17, 15) is 97.3 Å². The summed E-state index contributed by atoms with van der Waals surface area (Å²) in [4.78, 5) is 0. The minimum Gasteiger partial charge on any atom is -0.391 e. The number of aliphatic hydroxyl groups is 3. The summed E-state index contributed by atoms with van der Waals surface area (Å²) in [7, 11) is 0.885. The third-order valence-electron chi connectivity index (χ3n) is 6.00. The Hall–Kier alpha value is -1.63. The summed E-state index contributed by atoms with van der Waals surface area (Å²) in [6.07, 6.45) is -14.3. The van der Waals surface area contributed by atoms with Crippen molar-refractivity contribution in [3.8, 4) is 0 Å². The fraction of sp³-hybridized carbons (Fsp3) is 1.00. The van der Waals surface area contributed by atoms with Gasteiger partial charge in [0.1, 0.15) is 25.7 Å². The highest BCUT2D eigenvalue weighted by molar-refractivity contribution is 5.18. The van der Waals surface area contributed by atoms with Crippen molar-refractivity contribution in [1.29, 1.82) is 0 Å². The number of nitrogens with zero attached hydrogens (tertiary/aromatic N) is 1. The molecule has 0 saturated heterocycles. The van der Waals surface area contributed by atoms with Gasteiger partial charge < -0.3 is 19.8 Å². The van der Waals surface area contributed by atoms with E-state index in [1.807, 2.05) is 0 Å². The third-order valence-corrected chi connectivity index (χ3v) is 6.00. The number of rotatable bonds is 16. The lowest BCUT2D eigenvalue weighted by Gasteiger charge is -2.44. The molecule has 0 amide bonds. The number of likely N-dealkylation sites (N-methyl/N-ethyl adjacent to an activating group) is 1. The Morgan fingerprint density at radius 2 is 0.721 bits per heavy atom. The fourth-order valence-electron chi connectivity index (χ4n) is 3.37. The molecule has 0 aromatic heterocycles. The summed E-state index contributed by atoms with van der Waals surface area (Å²) >= 11 is 0. The van der Waals surface area contributed by atoms with Gasteiger partial charge in [-0.15, -0.1) is 0 Å². The molecule has 0 radical (unpaired) electrons. The van der Waals surface area contributed by atoms with Crippen LogP contribution in [0.4, 0.5) is 92.2 Å². The normalized spacial score (nSPS) is 17.0. The quantitative estimate of drug-likeness (QED) is 0.149. The Bertz CT molecular complexity index is 942. The van der Waals surface area contributed by atoms with E-state index in [0.717, 1.165) is 7.05 Å². The molecule has 0 aliphatic rings. The van der Waals surface area contributed by atoms with Crippen molar-refractivity contribution in [2.75, 3.05) is 39.9 Å². The molecular formula is C18H19F21NO3+. The van der Waals surface area contributed by atoms with Crippen molar-refractivity contribution in [2.24, 2.45) is 0 Å². The van der Waals surface area contributed by atoms with Crippen LogP contribution in [0, 0.1) is 0 Å². The molecule has 0 aromatic carbocycles. The molecule has 0 aromatic rings. The van der Waals surface area contributed by atoms with Crippen molar-refractivity contribution in [3.05, 3.63) is 0 Å². The summed E-state index contributed by atoms with van der Waals surface area (Å²) < 4.78 is 281. The zero-order valence-corrected chi connectivity index (χ0v) is 20.5. The standard InChI is InChI=1S/C18H19F21NO3/c1-40(2-4-41,3-5-42)7-8(43)6-9(19,20)10(21,22)11(23,24)12(25,26)13(27,28)14(29,30)15(31,32)16(33,34)17(35,36)18(37,38)39/h8,41-43H,2-7H2,1H3/q+1. The van der Waals surface area contributed by atoms with Crippen molar-refractivity contribution in [3.63, 3.8) is 0 Å². The van der Waals surface area contributed by atoms with E-state index in [1.165, 1.54) is 0 Å². The van der Waals surface area contributed by atoms with Crippen LogP contribution in [0.1, 0.15) is 6.42 Å². The van der Waals surface area contributed by atoms with Crippen LogP contribution in [0.15, 0.2) is 0 Å². The summed E-state index contributed by atoms with van der Waals surface area (Å²) in [6.45, 7) is -4.33. The van der Waals surface area contributed by atoms with E-state index in [1.54, 1.807) is 0 Å². The Morgan fingerprint density at radius 3 is 0.977 bits per heavy atom. The minimum absolute atomic E-state index is 0.610. The van der Waals surface area contributed by atoms with Crippen molar-refractivity contribution in [2.45, 2.75) is 72.0 Å². The van der Waals surface area contributed by atoms with Gasteiger partial charge in [0.2, 0.25) is 0 Å². The Labute approximate surface area is 225 Å². The predicted molar refractivity (Wildman–Crippen MR) is 96.2 cm³/mol. The first-order chi connectivity index (χ1) is 18.5. The van der Waals surface area contributed by atoms with E-state index in [4.69, 9.17) is 10.2 Å². The molecule has 1 atom stereocenters. The molecule has 0 aliphatic carbocycles. The van der Waals surface area contributed by atoms with Gasteiger partial charge in [0.15, 0.2) is 0 Å². The maximum Gasteiger partial charge on any atom is 0.460 e. The lowest BCUT2D eigenvalue weighted by atomic mass is 9.85. The van der Waals surface area contributed by atoms with Gasteiger partial charge >= 0.3 is 59.5 Å². The molecule has 0 aliphatic heterocycles. The zero-order valence-electron chi connectivity index (χ0n) is 20.5. The monoisotopic (exact) mass is 696 g/mol. The SMILES string of the molecule is C[N+](CCO)(CCO)CC(O)CC(F)(F)C(F)(F)C(F)(F)C(F)(F)C(F)(F)C(F)(F)C(F)(F)C(F)(F)C(F)(F)C(F)(F)F. The predicted octanol–water partition coefficient (Wildman–Crippen LogP) is 5.45. The molecular weight excluding hydrogens is 677 g/mol. The summed E-state index contributed by atoms with van der Waals surface area (Å²) in [6, 6.07) is 0. The summed E-state index contributed by atoms with van der Waals surface area (Å²) in [5.41, 5.74) is 0. The molecule has 0 saturated carbocycles. The minimum atomic E-state index is -9.25. The molecule has 0 heterocycles. The average Bonchev–Trinajstić information content (AvgIpc) is 2.76. The summed E-state index contributed by atoms with van der Waals surface area (Å²) in [5.74, 6) is -77.9. The highest BCUT2D eigenvalue weighted by atomic mass is 19.4. The Morgan fingerprint density at radius 1 is 0.465 bits per heavy atom. The largest absolute Gasteiger partial charge is 0.460 e. The second-order valence-electron chi connectivity index (χ2n) is 9.35. The van der Waals surface area contributed by atoms with E-state index in [2.05, 4.69) is 0 Å². The smallest absolute Gasteiger partial charge is 0.391 e. The van der Waals surface area contributed by atoms with E-state index in [0.29, 0.717) is 0 Å². The highest BCUT2D eigenvalue weighted by Gasteiger charge is 2.97. The van der Waals surface area contributed by atoms with E-state index < -0.39 is 109 Å². The highest BCUT2D eigenvalue weighted by Crippen LogP contribution is 2.66. The maximum absolute atomic E-state index is 14.1. The zero-order chi connectivity index (χ0) is 35.3. The van der Waals surface area contributed by atoms with Crippen molar-refractivity contribution in [1.82, 2.24) is 0 Å². The van der Waals surface area contributed by atoms with Crippen LogP contribution in [-0.2, 0) is 0 Å². The van der Waals surface area contributed by atoms with Gasteiger partial charge in [-0.3, -0.25) is 0 Å². The van der Waals surface area contributed by atoms with E-state index in [-0.39, 0.29) is 0 Å². The first kappa shape index (κ1) is 41.4. The lowest BCUT2D eigenvalue weighted by Crippen LogP contribution is -2.77. The van der Waals surface area contributed by atoms with Gasteiger partial charge in [-0.05, 0) is 0 Å². The molecule has 0 spiro atoms. The lowest BCUT2D eigenvalue weighted by molar-refractivity contribution is -0.913. The number of halogens is 21. The molecule has 43 heavy (non-hydrogen) atoms. The average molecular weight is 696 g/mol. The second-order valence-corrected chi connectivity index (χ2v) is 9.35. The second kappa shape index (κ2) is 11.6. The Kier molecular flexibility index (Phi) is 11.2. The Balaban J connectivity index is 6.83. The molecule has 0 fully saturated rings. The van der Waals surface area contributed by atoms with Gasteiger partial charge in [-0.1, -0.05) is 0 Å².